The average Bonchev–Trinajstić information content (AvgIpc) is 2.50. The van der Waals surface area contributed by atoms with Crippen LogP contribution in [0.2, 0.25) is 0 Å². The predicted molar refractivity (Wildman–Crippen MR) is 81.0 cm³/mol. The van der Waals surface area contributed by atoms with Gasteiger partial charge in [-0.05, 0) is 30.0 Å². The number of benzene rings is 2. The molecule has 0 bridgehead atoms. The van der Waals surface area contributed by atoms with E-state index in [9.17, 15) is 5.11 Å². The van der Waals surface area contributed by atoms with Crippen molar-refractivity contribution >= 4 is 27.1 Å². The molecule has 0 atom stereocenters. The molecular weight excluding hydrogens is 246 g/mol. The quantitative estimate of drug-likeness (QED) is 0.291. The molecule has 1 N–H and O–H groups in total. The van der Waals surface area contributed by atoms with Crippen molar-refractivity contribution in [2.24, 2.45) is 0 Å². The third-order valence-electron chi connectivity index (χ3n) is 3.96. The number of nitrogens with zero attached hydrogens (tertiary/aromatic N) is 1. The molecule has 2 aromatic heterocycles. The van der Waals surface area contributed by atoms with E-state index in [1.165, 1.54) is 16.3 Å². The molecule has 4 aromatic rings. The summed E-state index contributed by atoms with van der Waals surface area (Å²) in [6, 6.07) is 16.3. The Bertz CT molecular complexity index is 973. The molecule has 0 amide bonds. The molecule has 0 fully saturated rings. The van der Waals surface area contributed by atoms with E-state index in [0.29, 0.717) is 5.75 Å². The average molecular weight is 260 g/mol. The Morgan fingerprint density at radius 2 is 1.75 bits per heavy atom. The van der Waals surface area contributed by atoms with Crippen LogP contribution in [-0.4, -0.2) is 5.11 Å². The van der Waals surface area contributed by atoms with Gasteiger partial charge in [0.1, 0.15) is 5.75 Å². The second kappa shape index (κ2) is 3.94. The zero-order valence-corrected chi connectivity index (χ0v) is 11.2. The summed E-state index contributed by atoms with van der Waals surface area (Å²) in [5.41, 5.74) is 2.33. The SMILES string of the molecule is Cc1ccc(O)c2c[n+]3ccc4ccccc4c3cc12. The maximum absolute atomic E-state index is 10.1. The van der Waals surface area contributed by atoms with E-state index in [2.05, 4.69) is 47.7 Å². The first-order valence-corrected chi connectivity index (χ1v) is 6.69. The van der Waals surface area contributed by atoms with Crippen LogP contribution in [-0.2, 0) is 0 Å². The topological polar surface area (TPSA) is 24.3 Å². The van der Waals surface area contributed by atoms with Crippen LogP contribution < -0.4 is 4.40 Å². The fraction of sp³-hybridized carbons (Fsp3) is 0.0556. The van der Waals surface area contributed by atoms with E-state index in [-0.39, 0.29) is 0 Å². The third-order valence-corrected chi connectivity index (χ3v) is 3.96. The molecule has 2 heteroatoms. The fourth-order valence-corrected chi connectivity index (χ4v) is 2.86. The molecule has 0 spiro atoms. The van der Waals surface area contributed by atoms with Gasteiger partial charge in [-0.2, -0.15) is 4.40 Å². The van der Waals surface area contributed by atoms with E-state index in [0.717, 1.165) is 16.3 Å². The molecule has 4 rings (SSSR count). The van der Waals surface area contributed by atoms with Crippen LogP contribution in [0.15, 0.2) is 60.9 Å². The highest BCUT2D eigenvalue weighted by Gasteiger charge is 2.12. The van der Waals surface area contributed by atoms with Gasteiger partial charge in [-0.3, -0.25) is 0 Å². The number of pyridine rings is 2. The van der Waals surface area contributed by atoms with Crippen molar-refractivity contribution in [1.29, 1.82) is 0 Å². The Morgan fingerprint density at radius 1 is 0.900 bits per heavy atom. The highest BCUT2D eigenvalue weighted by atomic mass is 16.3. The summed E-state index contributed by atoms with van der Waals surface area (Å²) >= 11 is 0. The van der Waals surface area contributed by atoms with Crippen molar-refractivity contribution in [3.8, 4) is 5.75 Å². The molecule has 0 aliphatic rings. The minimum absolute atomic E-state index is 0.327. The first-order chi connectivity index (χ1) is 9.74. The smallest absolute Gasteiger partial charge is 0.219 e. The molecule has 0 radical (unpaired) electrons. The Morgan fingerprint density at radius 3 is 2.65 bits per heavy atom. The number of phenols is 1. The number of aryl methyl sites for hydroxylation is 1. The lowest BCUT2D eigenvalue weighted by molar-refractivity contribution is -0.509. The lowest BCUT2D eigenvalue weighted by Gasteiger charge is -2.04. The van der Waals surface area contributed by atoms with Crippen LogP contribution in [0.25, 0.3) is 27.1 Å². The second-order valence-corrected chi connectivity index (χ2v) is 5.20. The van der Waals surface area contributed by atoms with Gasteiger partial charge in [0.05, 0.1) is 10.8 Å². The van der Waals surface area contributed by atoms with Crippen LogP contribution in [0, 0.1) is 6.92 Å². The summed E-state index contributed by atoms with van der Waals surface area (Å²) in [5, 5.41) is 14.5. The molecule has 0 unspecified atom stereocenters. The number of rotatable bonds is 0. The van der Waals surface area contributed by atoms with Crippen LogP contribution in [0.4, 0.5) is 0 Å². The predicted octanol–water partition coefficient (Wildman–Crippen LogP) is 3.75. The van der Waals surface area contributed by atoms with E-state index in [4.69, 9.17) is 0 Å². The minimum atomic E-state index is 0.327. The number of hydrogen-bond donors (Lipinski definition) is 1. The van der Waals surface area contributed by atoms with Crippen LogP contribution in [0.1, 0.15) is 5.56 Å². The van der Waals surface area contributed by atoms with E-state index >= 15 is 0 Å². The van der Waals surface area contributed by atoms with Crippen molar-refractivity contribution in [2.45, 2.75) is 6.92 Å². The lowest BCUT2D eigenvalue weighted by atomic mass is 10.0. The molecule has 2 heterocycles. The molecule has 2 nitrogen and oxygen atoms in total. The molecular formula is C18H14NO+. The van der Waals surface area contributed by atoms with Gasteiger partial charge < -0.3 is 5.11 Å². The minimum Gasteiger partial charge on any atom is -0.507 e. The first-order valence-electron chi connectivity index (χ1n) is 6.69. The molecule has 96 valence electrons. The summed E-state index contributed by atoms with van der Waals surface area (Å²) in [5.74, 6) is 0.327. The largest absolute Gasteiger partial charge is 0.507 e. The number of fused-ring (bicyclic) bond motifs is 4. The van der Waals surface area contributed by atoms with Crippen molar-refractivity contribution < 1.29 is 9.51 Å². The van der Waals surface area contributed by atoms with E-state index in [1.807, 2.05) is 18.5 Å². The molecule has 0 aliphatic heterocycles. The molecule has 0 saturated heterocycles. The maximum atomic E-state index is 10.1. The van der Waals surface area contributed by atoms with Crippen molar-refractivity contribution in [1.82, 2.24) is 0 Å². The number of aromatic nitrogens is 1. The van der Waals surface area contributed by atoms with Gasteiger partial charge >= 0.3 is 0 Å². The summed E-state index contributed by atoms with van der Waals surface area (Å²) in [6.07, 6.45) is 4.04. The van der Waals surface area contributed by atoms with E-state index in [1.54, 1.807) is 6.07 Å². The number of aromatic hydroxyl groups is 1. The molecule has 2 aromatic carbocycles. The van der Waals surface area contributed by atoms with Crippen LogP contribution in [0.5, 0.6) is 5.75 Å². The number of phenolic OH excluding ortho intramolecular Hbond substituents is 1. The second-order valence-electron chi connectivity index (χ2n) is 5.20. The van der Waals surface area contributed by atoms with Gasteiger partial charge in [0.2, 0.25) is 5.52 Å². The van der Waals surface area contributed by atoms with Gasteiger partial charge in [-0.1, -0.05) is 24.3 Å². The van der Waals surface area contributed by atoms with E-state index < -0.39 is 0 Å². The van der Waals surface area contributed by atoms with Crippen molar-refractivity contribution in [3.05, 3.63) is 66.5 Å². The van der Waals surface area contributed by atoms with Gasteiger partial charge in [-0.25, -0.2) is 0 Å². The summed E-state index contributed by atoms with van der Waals surface area (Å²) in [6.45, 7) is 2.07. The lowest BCUT2D eigenvalue weighted by Crippen LogP contribution is -2.20. The summed E-state index contributed by atoms with van der Waals surface area (Å²) in [7, 11) is 0. The Balaban J connectivity index is 2.27. The zero-order valence-electron chi connectivity index (χ0n) is 11.2. The van der Waals surface area contributed by atoms with Gasteiger partial charge in [0.25, 0.3) is 0 Å². The highest BCUT2D eigenvalue weighted by Crippen LogP contribution is 2.28. The Hall–Kier alpha value is -2.61. The van der Waals surface area contributed by atoms with Crippen LogP contribution >= 0.6 is 0 Å². The Labute approximate surface area is 116 Å². The van der Waals surface area contributed by atoms with Gasteiger partial charge in [-0.15, -0.1) is 0 Å². The molecule has 0 aliphatic carbocycles. The first kappa shape index (κ1) is 11.2. The van der Waals surface area contributed by atoms with Crippen molar-refractivity contribution in [2.75, 3.05) is 0 Å². The maximum Gasteiger partial charge on any atom is 0.219 e. The fourth-order valence-electron chi connectivity index (χ4n) is 2.86. The third kappa shape index (κ3) is 1.48. The monoisotopic (exact) mass is 260 g/mol. The van der Waals surface area contributed by atoms with Gasteiger partial charge in [0.15, 0.2) is 12.4 Å². The summed E-state index contributed by atoms with van der Waals surface area (Å²) in [4.78, 5) is 0. The van der Waals surface area contributed by atoms with Gasteiger partial charge in [0, 0.05) is 17.5 Å². The van der Waals surface area contributed by atoms with Crippen molar-refractivity contribution in [3.63, 3.8) is 0 Å². The zero-order chi connectivity index (χ0) is 13.7. The molecule has 0 saturated carbocycles. The highest BCUT2D eigenvalue weighted by molar-refractivity contribution is 5.99. The van der Waals surface area contributed by atoms with Crippen LogP contribution in [0.3, 0.4) is 0 Å². The summed E-state index contributed by atoms with van der Waals surface area (Å²) < 4.78 is 2.07. The number of hydrogen-bond acceptors (Lipinski definition) is 1. The molecule has 20 heavy (non-hydrogen) atoms. The Kier molecular flexibility index (Phi) is 2.21. The normalized spacial score (nSPS) is 11.4. The standard InChI is InChI=1S/C18H13NO/c1-12-6-7-18(20)16-11-19-9-8-13-4-2-3-5-14(13)17(19)10-15(12)16/h2-11H,1H3/p+1.